The third kappa shape index (κ3) is 2.39. The lowest BCUT2D eigenvalue weighted by Crippen LogP contribution is -2.03. The summed E-state index contributed by atoms with van der Waals surface area (Å²) in [5.41, 5.74) is 0.946. The summed E-state index contributed by atoms with van der Waals surface area (Å²) in [6.07, 6.45) is 7.18. The third-order valence-electron chi connectivity index (χ3n) is 2.71. The van der Waals surface area contributed by atoms with Gasteiger partial charge in [0.05, 0.1) is 12.8 Å². The highest BCUT2D eigenvalue weighted by molar-refractivity contribution is 7.98. The van der Waals surface area contributed by atoms with E-state index >= 15 is 0 Å². The average molecular weight is 272 g/mol. The van der Waals surface area contributed by atoms with E-state index in [1.54, 1.807) is 30.4 Å². The van der Waals surface area contributed by atoms with Crippen molar-refractivity contribution in [3.05, 3.63) is 48.7 Å². The van der Waals surface area contributed by atoms with E-state index in [4.69, 9.17) is 4.42 Å². The summed E-state index contributed by atoms with van der Waals surface area (Å²) < 4.78 is 7.42. The van der Waals surface area contributed by atoms with E-state index in [9.17, 15) is 0 Å². The molecule has 0 bridgehead atoms. The van der Waals surface area contributed by atoms with Crippen LogP contribution in [-0.2, 0) is 6.54 Å². The molecule has 5 nitrogen and oxygen atoms in total. The number of furan rings is 1. The van der Waals surface area contributed by atoms with E-state index in [1.807, 2.05) is 35.1 Å². The first kappa shape index (κ1) is 12.0. The summed E-state index contributed by atoms with van der Waals surface area (Å²) >= 11 is 1.56. The summed E-state index contributed by atoms with van der Waals surface area (Å²) in [6.45, 7) is 0.612. The van der Waals surface area contributed by atoms with Gasteiger partial charge in [-0.3, -0.25) is 9.55 Å². The Bertz CT molecular complexity index is 649. The van der Waals surface area contributed by atoms with E-state index in [0.29, 0.717) is 6.54 Å². The largest absolute Gasteiger partial charge is 0.467 e. The number of pyridine rings is 1. The lowest BCUT2D eigenvalue weighted by Gasteiger charge is -2.07. The topological polar surface area (TPSA) is 56.7 Å². The number of thioether (sulfide) groups is 1. The Morgan fingerprint density at radius 3 is 2.89 bits per heavy atom. The molecule has 0 fully saturated rings. The first-order valence-corrected chi connectivity index (χ1v) is 7.01. The van der Waals surface area contributed by atoms with Crippen LogP contribution in [0.25, 0.3) is 11.4 Å². The maximum atomic E-state index is 5.40. The van der Waals surface area contributed by atoms with Crippen molar-refractivity contribution in [1.82, 2.24) is 19.7 Å². The normalized spacial score (nSPS) is 10.8. The van der Waals surface area contributed by atoms with Crippen molar-refractivity contribution in [3.8, 4) is 11.4 Å². The van der Waals surface area contributed by atoms with Gasteiger partial charge < -0.3 is 4.42 Å². The van der Waals surface area contributed by atoms with E-state index in [-0.39, 0.29) is 0 Å². The van der Waals surface area contributed by atoms with Gasteiger partial charge in [-0.15, -0.1) is 10.2 Å². The van der Waals surface area contributed by atoms with Crippen LogP contribution in [0.5, 0.6) is 0 Å². The Kier molecular flexibility index (Phi) is 3.33. The minimum absolute atomic E-state index is 0.612. The molecule has 0 spiro atoms. The lowest BCUT2D eigenvalue weighted by molar-refractivity contribution is 0.485. The van der Waals surface area contributed by atoms with Gasteiger partial charge in [0.2, 0.25) is 0 Å². The molecule has 3 aromatic heterocycles. The minimum atomic E-state index is 0.612. The summed E-state index contributed by atoms with van der Waals surface area (Å²) in [5, 5.41) is 9.30. The van der Waals surface area contributed by atoms with Crippen molar-refractivity contribution < 1.29 is 4.42 Å². The van der Waals surface area contributed by atoms with Gasteiger partial charge in [0.15, 0.2) is 11.0 Å². The first-order valence-electron chi connectivity index (χ1n) is 5.78. The van der Waals surface area contributed by atoms with E-state index < -0.39 is 0 Å². The second-order valence-electron chi connectivity index (χ2n) is 3.92. The standard InChI is InChI=1S/C13H12N4OS/c1-19-13-16-15-12(10-4-2-6-14-8-10)17(13)9-11-5-3-7-18-11/h2-8H,9H2,1H3. The van der Waals surface area contributed by atoms with E-state index in [2.05, 4.69) is 15.2 Å². The van der Waals surface area contributed by atoms with Crippen molar-refractivity contribution in [2.75, 3.05) is 6.26 Å². The maximum Gasteiger partial charge on any atom is 0.191 e. The molecule has 0 aliphatic heterocycles. The quantitative estimate of drug-likeness (QED) is 0.683. The zero-order valence-electron chi connectivity index (χ0n) is 10.4. The zero-order chi connectivity index (χ0) is 13.1. The molecule has 3 heterocycles. The molecule has 0 N–H and O–H groups in total. The average Bonchev–Trinajstić information content (AvgIpc) is 3.10. The van der Waals surface area contributed by atoms with Gasteiger partial charge in [0.1, 0.15) is 5.76 Å². The van der Waals surface area contributed by atoms with Crippen LogP contribution in [0.1, 0.15) is 5.76 Å². The number of nitrogens with zero attached hydrogens (tertiary/aromatic N) is 4. The fourth-order valence-corrected chi connectivity index (χ4v) is 2.34. The molecule has 3 aromatic rings. The summed E-state index contributed by atoms with van der Waals surface area (Å²) in [5.74, 6) is 1.68. The van der Waals surface area contributed by atoms with Gasteiger partial charge in [-0.25, -0.2) is 0 Å². The molecule has 3 rings (SSSR count). The minimum Gasteiger partial charge on any atom is -0.467 e. The van der Waals surface area contributed by atoms with Crippen LogP contribution in [-0.4, -0.2) is 26.0 Å². The van der Waals surface area contributed by atoms with Crippen molar-refractivity contribution in [1.29, 1.82) is 0 Å². The second-order valence-corrected chi connectivity index (χ2v) is 4.69. The molecular formula is C13H12N4OS. The monoisotopic (exact) mass is 272 g/mol. The first-order chi connectivity index (χ1) is 9.38. The SMILES string of the molecule is CSc1nnc(-c2cccnc2)n1Cc1ccco1. The highest BCUT2D eigenvalue weighted by atomic mass is 32.2. The van der Waals surface area contributed by atoms with Crippen LogP contribution >= 0.6 is 11.8 Å². The molecule has 0 aromatic carbocycles. The zero-order valence-corrected chi connectivity index (χ0v) is 11.2. The van der Waals surface area contributed by atoms with Gasteiger partial charge in [-0.05, 0) is 30.5 Å². The molecule has 0 aliphatic rings. The van der Waals surface area contributed by atoms with Crippen LogP contribution in [0, 0.1) is 0 Å². The fourth-order valence-electron chi connectivity index (χ4n) is 1.85. The Balaban J connectivity index is 2.03. The smallest absolute Gasteiger partial charge is 0.191 e. The van der Waals surface area contributed by atoms with Crippen molar-refractivity contribution in [3.63, 3.8) is 0 Å². The molecule has 19 heavy (non-hydrogen) atoms. The Labute approximate surface area is 114 Å². The Hall–Kier alpha value is -2.08. The predicted octanol–water partition coefficient (Wildman–Crippen LogP) is 2.70. The highest BCUT2D eigenvalue weighted by Gasteiger charge is 2.14. The second kappa shape index (κ2) is 5.27. The molecule has 0 atom stereocenters. The highest BCUT2D eigenvalue weighted by Crippen LogP contribution is 2.23. The molecule has 0 saturated carbocycles. The van der Waals surface area contributed by atoms with Crippen LogP contribution in [0.4, 0.5) is 0 Å². The van der Waals surface area contributed by atoms with Gasteiger partial charge in [0, 0.05) is 18.0 Å². The van der Waals surface area contributed by atoms with E-state index in [0.717, 1.165) is 22.3 Å². The molecule has 0 saturated heterocycles. The Morgan fingerprint density at radius 2 is 2.21 bits per heavy atom. The maximum absolute atomic E-state index is 5.40. The lowest BCUT2D eigenvalue weighted by atomic mass is 10.2. The van der Waals surface area contributed by atoms with Crippen LogP contribution in [0.15, 0.2) is 52.5 Å². The summed E-state index contributed by atoms with van der Waals surface area (Å²) in [7, 11) is 0. The summed E-state index contributed by atoms with van der Waals surface area (Å²) in [4.78, 5) is 4.12. The van der Waals surface area contributed by atoms with Crippen LogP contribution in [0.3, 0.4) is 0 Å². The van der Waals surface area contributed by atoms with Crippen LogP contribution in [0.2, 0.25) is 0 Å². The number of rotatable bonds is 4. The molecule has 0 radical (unpaired) electrons. The van der Waals surface area contributed by atoms with Crippen molar-refractivity contribution in [2.24, 2.45) is 0 Å². The van der Waals surface area contributed by atoms with Gasteiger partial charge >= 0.3 is 0 Å². The fraction of sp³-hybridized carbons (Fsp3) is 0.154. The Morgan fingerprint density at radius 1 is 1.26 bits per heavy atom. The van der Waals surface area contributed by atoms with Gasteiger partial charge in [0.25, 0.3) is 0 Å². The molecule has 96 valence electrons. The molecular weight excluding hydrogens is 260 g/mol. The van der Waals surface area contributed by atoms with Gasteiger partial charge in [-0.1, -0.05) is 11.8 Å². The van der Waals surface area contributed by atoms with E-state index in [1.165, 1.54) is 0 Å². The van der Waals surface area contributed by atoms with Crippen molar-refractivity contribution in [2.45, 2.75) is 11.7 Å². The third-order valence-corrected chi connectivity index (χ3v) is 3.38. The molecule has 0 amide bonds. The van der Waals surface area contributed by atoms with Crippen LogP contribution < -0.4 is 0 Å². The molecule has 6 heteroatoms. The predicted molar refractivity (Wildman–Crippen MR) is 72.8 cm³/mol. The van der Waals surface area contributed by atoms with Gasteiger partial charge in [-0.2, -0.15) is 0 Å². The number of hydrogen-bond donors (Lipinski definition) is 0. The number of aromatic nitrogens is 4. The van der Waals surface area contributed by atoms with Crippen molar-refractivity contribution >= 4 is 11.8 Å². The molecule has 0 aliphatic carbocycles. The molecule has 0 unspecified atom stereocenters. The number of hydrogen-bond acceptors (Lipinski definition) is 5. The summed E-state index contributed by atoms with van der Waals surface area (Å²) in [6, 6.07) is 7.68.